The average Bonchev–Trinajstić information content (AvgIpc) is 3.79. The van der Waals surface area contributed by atoms with E-state index in [2.05, 4.69) is 181 Å². The first-order valence-electron chi connectivity index (χ1n) is 19.0. The first-order chi connectivity index (χ1) is 25.7. The largest absolute Gasteiger partial charge is 0.310 e. The van der Waals surface area contributed by atoms with E-state index in [0.717, 1.165) is 38.5 Å². The molecule has 0 unspecified atom stereocenters. The van der Waals surface area contributed by atoms with Gasteiger partial charge in [-0.25, -0.2) is 0 Å². The molecule has 0 spiro atoms. The fourth-order valence-corrected chi connectivity index (χ4v) is 8.13. The summed E-state index contributed by atoms with van der Waals surface area (Å²) in [6, 6.07) is 47.6. The molecule has 2 nitrogen and oxygen atoms in total. The van der Waals surface area contributed by atoms with Gasteiger partial charge in [0, 0.05) is 22.1 Å². The summed E-state index contributed by atoms with van der Waals surface area (Å²) >= 11 is 0. The fraction of sp³-hybridized carbons (Fsp3) is 0.160. The molecule has 7 aromatic rings. The molecule has 0 aliphatic heterocycles. The third-order valence-corrected chi connectivity index (χ3v) is 11.1. The molecular weight excluding hydrogens is 629 g/mol. The van der Waals surface area contributed by atoms with Crippen LogP contribution in [0, 0.1) is 0 Å². The van der Waals surface area contributed by atoms with Crippen LogP contribution in [-0.4, -0.2) is 9.13 Å². The van der Waals surface area contributed by atoms with E-state index in [4.69, 9.17) is 0 Å². The van der Waals surface area contributed by atoms with E-state index < -0.39 is 0 Å². The number of allylic oxidation sites excluding steroid dienone is 8. The van der Waals surface area contributed by atoms with Crippen molar-refractivity contribution in [3.8, 4) is 33.8 Å². The molecule has 5 aromatic carbocycles. The lowest BCUT2D eigenvalue weighted by atomic mass is 9.88. The van der Waals surface area contributed by atoms with Gasteiger partial charge in [-0.2, -0.15) is 0 Å². The average molecular weight is 673 g/mol. The molecule has 0 atom stereocenters. The Balaban J connectivity index is 1.23. The van der Waals surface area contributed by atoms with E-state index in [9.17, 15) is 0 Å². The zero-order valence-electron chi connectivity index (χ0n) is 30.1. The summed E-state index contributed by atoms with van der Waals surface area (Å²) < 4.78 is 4.96. The highest BCUT2D eigenvalue weighted by molar-refractivity contribution is 6.02. The maximum absolute atomic E-state index is 2.50. The smallest absolute Gasteiger partial charge is 0.0542 e. The van der Waals surface area contributed by atoms with Crippen molar-refractivity contribution in [3.63, 3.8) is 0 Å². The topological polar surface area (TPSA) is 9.86 Å². The van der Waals surface area contributed by atoms with E-state index in [1.807, 2.05) is 0 Å². The number of nitrogens with zero attached hydrogens (tertiary/aromatic N) is 2. The Morgan fingerprint density at radius 1 is 0.462 bits per heavy atom. The minimum Gasteiger partial charge on any atom is -0.310 e. The van der Waals surface area contributed by atoms with Crippen molar-refractivity contribution in [1.82, 2.24) is 9.13 Å². The van der Waals surface area contributed by atoms with Crippen LogP contribution in [-0.2, 0) is 12.8 Å². The van der Waals surface area contributed by atoms with Gasteiger partial charge in [-0.1, -0.05) is 123 Å². The highest BCUT2D eigenvalue weighted by Gasteiger charge is 2.21. The van der Waals surface area contributed by atoms with E-state index >= 15 is 0 Å². The lowest BCUT2D eigenvalue weighted by Crippen LogP contribution is -2.03. The van der Waals surface area contributed by atoms with Crippen molar-refractivity contribution in [2.75, 3.05) is 0 Å². The van der Waals surface area contributed by atoms with Crippen LogP contribution in [0.1, 0.15) is 56.4 Å². The first-order valence-corrected chi connectivity index (χ1v) is 19.0. The molecule has 0 saturated heterocycles. The molecule has 2 aromatic heterocycles. The lowest BCUT2D eigenvalue weighted by Gasteiger charge is -2.20. The van der Waals surface area contributed by atoms with Crippen molar-refractivity contribution in [2.24, 2.45) is 0 Å². The van der Waals surface area contributed by atoms with Crippen molar-refractivity contribution in [2.45, 2.75) is 52.4 Å². The Kier molecular flexibility index (Phi) is 8.45. The van der Waals surface area contributed by atoms with Gasteiger partial charge in [0.15, 0.2) is 0 Å². The first kappa shape index (κ1) is 32.1. The molecule has 0 bridgehead atoms. The second kappa shape index (κ2) is 13.7. The quantitative estimate of drug-likeness (QED) is 0.152. The van der Waals surface area contributed by atoms with Crippen LogP contribution in [0.4, 0.5) is 0 Å². The lowest BCUT2D eigenvalue weighted by molar-refractivity contribution is 0.899. The van der Waals surface area contributed by atoms with Crippen LogP contribution >= 0.6 is 0 Å². The fourth-order valence-electron chi connectivity index (χ4n) is 8.13. The predicted octanol–water partition coefficient (Wildman–Crippen LogP) is 13.4. The molecule has 2 heterocycles. The zero-order valence-corrected chi connectivity index (χ0v) is 30.1. The van der Waals surface area contributed by atoms with E-state index in [1.54, 1.807) is 0 Å². The van der Waals surface area contributed by atoms with E-state index in [1.165, 1.54) is 89.1 Å². The third kappa shape index (κ3) is 5.89. The maximum atomic E-state index is 2.50. The van der Waals surface area contributed by atoms with Gasteiger partial charge in [-0.05, 0) is 132 Å². The van der Waals surface area contributed by atoms with Gasteiger partial charge in [0.05, 0.1) is 22.4 Å². The summed E-state index contributed by atoms with van der Waals surface area (Å²) in [6.45, 7) is 4.45. The second-order valence-electron chi connectivity index (χ2n) is 14.2. The van der Waals surface area contributed by atoms with Crippen molar-refractivity contribution in [1.29, 1.82) is 0 Å². The molecule has 254 valence electrons. The summed E-state index contributed by atoms with van der Waals surface area (Å²) in [7, 11) is 0. The minimum absolute atomic E-state index is 1.03. The van der Waals surface area contributed by atoms with Crippen LogP contribution in [0.15, 0.2) is 169 Å². The van der Waals surface area contributed by atoms with Gasteiger partial charge in [0.25, 0.3) is 0 Å². The summed E-state index contributed by atoms with van der Waals surface area (Å²) in [4.78, 5) is 0. The number of fused-ring (bicyclic) bond motifs is 2. The number of aromatic nitrogens is 2. The summed E-state index contributed by atoms with van der Waals surface area (Å²) in [5.74, 6) is 0. The number of hydrogen-bond donors (Lipinski definition) is 0. The number of rotatable bonds is 8. The van der Waals surface area contributed by atoms with Gasteiger partial charge in [0.2, 0.25) is 0 Å². The van der Waals surface area contributed by atoms with Crippen molar-refractivity contribution in [3.05, 3.63) is 186 Å². The van der Waals surface area contributed by atoms with Crippen LogP contribution in [0.5, 0.6) is 0 Å². The molecule has 2 heteroatoms. The Morgan fingerprint density at radius 2 is 0.981 bits per heavy atom. The van der Waals surface area contributed by atoms with Gasteiger partial charge < -0.3 is 9.13 Å². The van der Waals surface area contributed by atoms with Crippen LogP contribution < -0.4 is 0 Å². The number of benzene rings is 5. The monoisotopic (exact) mass is 672 g/mol. The Hall–Kier alpha value is -5.86. The third-order valence-electron chi connectivity index (χ3n) is 11.1. The number of aryl methyl sites for hydroxylation is 2. The maximum Gasteiger partial charge on any atom is 0.0542 e. The zero-order chi connectivity index (χ0) is 35.0. The molecule has 2 aliphatic carbocycles. The summed E-state index contributed by atoms with van der Waals surface area (Å²) in [6.07, 6.45) is 18.0. The van der Waals surface area contributed by atoms with E-state index in [-0.39, 0.29) is 0 Å². The van der Waals surface area contributed by atoms with E-state index in [0.29, 0.717) is 0 Å². The Labute approximate surface area is 307 Å². The Bertz CT molecular complexity index is 2530. The highest BCUT2D eigenvalue weighted by Crippen LogP contribution is 2.40. The molecule has 2 aliphatic rings. The predicted molar refractivity (Wildman–Crippen MR) is 221 cm³/mol. The van der Waals surface area contributed by atoms with Gasteiger partial charge >= 0.3 is 0 Å². The standard InChI is InChI=1S/C50H44N2/c1-3-35-15-27-45(28-16-35)51-47(41-23-19-39(20-24-41)37-11-7-5-8-12-37)31-43-34-50-44(33-49(43)51)32-48(52(50)46-29-17-36(4-2)18-30-46)42-25-21-40(22-26-42)38-13-9-6-10-14-38/h5-9,11-13,15-21,23-25,27-34H,3-4,10,14,22,26H2,1-2H3. The molecular formula is C50H44N2. The van der Waals surface area contributed by atoms with Gasteiger partial charge in [-0.15, -0.1) is 0 Å². The van der Waals surface area contributed by atoms with Crippen LogP contribution in [0.25, 0.3) is 61.1 Å². The summed E-state index contributed by atoms with van der Waals surface area (Å²) in [5, 5.41) is 2.50. The van der Waals surface area contributed by atoms with Crippen molar-refractivity contribution < 1.29 is 0 Å². The van der Waals surface area contributed by atoms with Crippen molar-refractivity contribution >= 4 is 27.4 Å². The highest BCUT2D eigenvalue weighted by atomic mass is 15.0. The van der Waals surface area contributed by atoms with Crippen LogP contribution in [0.2, 0.25) is 0 Å². The summed E-state index contributed by atoms with van der Waals surface area (Å²) in [5.41, 5.74) is 18.1. The second-order valence-corrected chi connectivity index (χ2v) is 14.2. The van der Waals surface area contributed by atoms with Gasteiger partial charge in [0.1, 0.15) is 0 Å². The Morgan fingerprint density at radius 3 is 1.54 bits per heavy atom. The molecule has 0 radical (unpaired) electrons. The number of hydrogen-bond acceptors (Lipinski definition) is 0. The SMILES string of the molecule is CCc1ccc(-n2c(C3=CC=C(C4=CC=CCC4)CC3)cc3cc4c(cc(-c5ccc(-c6ccccc6)cc5)n4-c4ccc(CC)cc4)cc32)cc1. The molecule has 0 saturated carbocycles. The normalized spacial score (nSPS) is 14.5. The molecule has 9 rings (SSSR count). The molecule has 0 amide bonds. The minimum atomic E-state index is 1.03. The van der Waals surface area contributed by atoms with Gasteiger partial charge in [-0.3, -0.25) is 0 Å². The molecule has 52 heavy (non-hydrogen) atoms. The molecule has 0 fully saturated rings. The molecule has 0 N–H and O–H groups in total. The van der Waals surface area contributed by atoms with Crippen LogP contribution in [0.3, 0.4) is 0 Å².